The van der Waals surface area contributed by atoms with Crippen LogP contribution in [0.4, 0.5) is 4.39 Å². The number of alkyl halides is 2. The molecular weight excluding hydrogens is 221 g/mol. The maximum Gasteiger partial charge on any atom is 0.272 e. The fraction of sp³-hybridized carbons (Fsp3) is 0.300. The molecule has 0 saturated carbocycles. The number of hydrogen-bond donors (Lipinski definition) is 1. The van der Waals surface area contributed by atoms with Gasteiger partial charge in [0.1, 0.15) is 5.75 Å². The third-order valence-corrected chi connectivity index (χ3v) is 2.08. The highest BCUT2D eigenvalue weighted by atomic mass is 35.5. The van der Waals surface area contributed by atoms with Gasteiger partial charge >= 0.3 is 0 Å². The molecule has 1 atom stereocenters. The summed E-state index contributed by atoms with van der Waals surface area (Å²) in [7, 11) is 1.45. The molecule has 1 N–H and O–H groups in total. The van der Waals surface area contributed by atoms with Gasteiger partial charge in [-0.2, -0.15) is 0 Å². The summed E-state index contributed by atoms with van der Waals surface area (Å²) in [6, 6.07) is 6.40. The first-order valence-electron chi connectivity index (χ1n) is 4.31. The minimum Gasteiger partial charge on any atom is -0.508 e. The van der Waals surface area contributed by atoms with E-state index in [0.717, 1.165) is 4.90 Å². The molecule has 0 saturated heterocycles. The van der Waals surface area contributed by atoms with Crippen molar-refractivity contribution in [3.05, 3.63) is 29.8 Å². The molecule has 0 aliphatic heterocycles. The molecular formula is C10H11ClFNO2. The van der Waals surface area contributed by atoms with Gasteiger partial charge in [0.15, 0.2) is 0 Å². The highest BCUT2D eigenvalue weighted by Crippen LogP contribution is 2.13. The smallest absolute Gasteiger partial charge is 0.272 e. The van der Waals surface area contributed by atoms with Crippen LogP contribution in [0.2, 0.25) is 0 Å². The van der Waals surface area contributed by atoms with Crippen LogP contribution in [0, 0.1) is 0 Å². The van der Waals surface area contributed by atoms with Crippen molar-refractivity contribution < 1.29 is 14.3 Å². The first-order valence-corrected chi connectivity index (χ1v) is 4.75. The van der Waals surface area contributed by atoms with E-state index in [4.69, 9.17) is 11.6 Å². The average molecular weight is 232 g/mol. The Morgan fingerprint density at radius 3 is 2.87 bits per heavy atom. The number of aromatic hydroxyl groups is 1. The van der Waals surface area contributed by atoms with E-state index >= 15 is 0 Å². The normalized spacial score (nSPS) is 12.2. The Morgan fingerprint density at radius 1 is 1.67 bits per heavy atom. The minimum absolute atomic E-state index is 0.107. The van der Waals surface area contributed by atoms with Gasteiger partial charge < -0.3 is 10.0 Å². The fourth-order valence-electron chi connectivity index (χ4n) is 1.17. The van der Waals surface area contributed by atoms with Crippen molar-refractivity contribution in [1.29, 1.82) is 0 Å². The predicted molar refractivity (Wildman–Crippen MR) is 55.3 cm³/mol. The predicted octanol–water partition coefficient (Wildman–Crippen LogP) is 1.89. The molecule has 0 aliphatic rings. The zero-order valence-corrected chi connectivity index (χ0v) is 8.91. The number of halogens is 2. The third kappa shape index (κ3) is 3.40. The minimum atomic E-state index is -2.02. The van der Waals surface area contributed by atoms with E-state index in [-0.39, 0.29) is 12.3 Å². The zero-order valence-electron chi connectivity index (χ0n) is 8.15. The number of rotatable bonds is 3. The number of benzene rings is 1. The molecule has 1 aromatic rings. The van der Waals surface area contributed by atoms with Gasteiger partial charge in [0.2, 0.25) is 0 Å². The number of carbonyl (C=O) groups is 1. The van der Waals surface area contributed by atoms with Crippen molar-refractivity contribution in [1.82, 2.24) is 4.90 Å². The van der Waals surface area contributed by atoms with Gasteiger partial charge in [0.05, 0.1) is 0 Å². The first-order chi connectivity index (χ1) is 7.00. The van der Waals surface area contributed by atoms with Crippen molar-refractivity contribution in [2.45, 2.75) is 12.2 Å². The van der Waals surface area contributed by atoms with Crippen molar-refractivity contribution >= 4 is 17.5 Å². The average Bonchev–Trinajstić information content (AvgIpc) is 2.16. The van der Waals surface area contributed by atoms with Gasteiger partial charge in [-0.3, -0.25) is 4.79 Å². The molecule has 0 aromatic heterocycles. The number of nitrogens with zero attached hydrogens (tertiary/aromatic N) is 1. The first kappa shape index (κ1) is 11.8. The van der Waals surface area contributed by atoms with E-state index < -0.39 is 11.5 Å². The Bertz CT molecular complexity index is 357. The SMILES string of the molecule is CN(Cc1cccc(O)c1)C(=O)C(F)Cl. The van der Waals surface area contributed by atoms with E-state index in [1.165, 1.54) is 19.2 Å². The van der Waals surface area contributed by atoms with Crippen LogP contribution in [0.3, 0.4) is 0 Å². The Morgan fingerprint density at radius 2 is 2.33 bits per heavy atom. The Balaban J connectivity index is 2.66. The second-order valence-corrected chi connectivity index (χ2v) is 3.55. The lowest BCUT2D eigenvalue weighted by Crippen LogP contribution is -2.31. The lowest BCUT2D eigenvalue weighted by Gasteiger charge is -2.17. The summed E-state index contributed by atoms with van der Waals surface area (Å²) in [5.41, 5.74) is -1.31. The van der Waals surface area contributed by atoms with Gasteiger partial charge in [-0.25, -0.2) is 4.39 Å². The van der Waals surface area contributed by atoms with Crippen LogP contribution < -0.4 is 0 Å². The van der Waals surface area contributed by atoms with Crippen molar-refractivity contribution in [2.75, 3.05) is 7.05 Å². The largest absolute Gasteiger partial charge is 0.508 e. The van der Waals surface area contributed by atoms with Crippen molar-refractivity contribution in [3.63, 3.8) is 0 Å². The van der Waals surface area contributed by atoms with Crippen LogP contribution in [0.1, 0.15) is 5.56 Å². The molecule has 1 unspecified atom stereocenters. The van der Waals surface area contributed by atoms with Gasteiger partial charge in [-0.1, -0.05) is 23.7 Å². The molecule has 3 nitrogen and oxygen atoms in total. The molecule has 5 heteroatoms. The van der Waals surface area contributed by atoms with Crippen LogP contribution in [-0.4, -0.2) is 28.6 Å². The fourth-order valence-corrected chi connectivity index (χ4v) is 1.34. The lowest BCUT2D eigenvalue weighted by atomic mass is 10.2. The van der Waals surface area contributed by atoms with E-state index in [0.29, 0.717) is 5.56 Å². The highest BCUT2D eigenvalue weighted by Gasteiger charge is 2.18. The Kier molecular flexibility index (Phi) is 3.91. The van der Waals surface area contributed by atoms with Crippen LogP contribution in [0.25, 0.3) is 0 Å². The summed E-state index contributed by atoms with van der Waals surface area (Å²) in [6.07, 6.45) is 0. The Hall–Kier alpha value is -1.29. The molecule has 0 spiro atoms. The number of amides is 1. The second kappa shape index (κ2) is 4.98. The highest BCUT2D eigenvalue weighted by molar-refractivity contribution is 6.29. The van der Waals surface area contributed by atoms with Crippen LogP contribution in [0.15, 0.2) is 24.3 Å². The molecule has 0 fully saturated rings. The Labute approximate surface area is 92.1 Å². The monoisotopic (exact) mass is 231 g/mol. The maximum atomic E-state index is 12.5. The summed E-state index contributed by atoms with van der Waals surface area (Å²) in [6.45, 7) is 0.209. The quantitative estimate of drug-likeness (QED) is 0.807. The lowest BCUT2D eigenvalue weighted by molar-refractivity contribution is -0.132. The zero-order chi connectivity index (χ0) is 11.4. The molecule has 0 radical (unpaired) electrons. The van der Waals surface area contributed by atoms with E-state index in [2.05, 4.69) is 0 Å². The van der Waals surface area contributed by atoms with Crippen LogP contribution in [-0.2, 0) is 11.3 Å². The molecule has 15 heavy (non-hydrogen) atoms. The molecule has 0 heterocycles. The van der Waals surface area contributed by atoms with E-state index in [9.17, 15) is 14.3 Å². The number of phenols is 1. The van der Waals surface area contributed by atoms with Gasteiger partial charge in [-0.05, 0) is 17.7 Å². The van der Waals surface area contributed by atoms with Gasteiger partial charge in [-0.15, -0.1) is 0 Å². The van der Waals surface area contributed by atoms with Gasteiger partial charge in [0, 0.05) is 13.6 Å². The summed E-state index contributed by atoms with van der Waals surface area (Å²) >= 11 is 5.01. The van der Waals surface area contributed by atoms with E-state index in [1.807, 2.05) is 0 Å². The second-order valence-electron chi connectivity index (χ2n) is 3.16. The van der Waals surface area contributed by atoms with Crippen LogP contribution in [0.5, 0.6) is 5.75 Å². The molecule has 1 aromatic carbocycles. The topological polar surface area (TPSA) is 40.5 Å². The number of carbonyl (C=O) groups excluding carboxylic acids is 1. The van der Waals surface area contributed by atoms with E-state index in [1.54, 1.807) is 12.1 Å². The maximum absolute atomic E-state index is 12.5. The van der Waals surface area contributed by atoms with Crippen LogP contribution >= 0.6 is 11.6 Å². The molecule has 0 bridgehead atoms. The molecule has 0 aliphatic carbocycles. The third-order valence-electron chi connectivity index (χ3n) is 1.89. The summed E-state index contributed by atoms with van der Waals surface area (Å²) in [4.78, 5) is 12.2. The standard InChI is InChI=1S/C10H11ClFNO2/c1-13(10(15)9(11)12)6-7-3-2-4-8(14)5-7/h2-5,9,14H,6H2,1H3. The van der Waals surface area contributed by atoms with Gasteiger partial charge in [0.25, 0.3) is 11.5 Å². The number of phenolic OH excluding ortho intramolecular Hbond substituents is 1. The summed E-state index contributed by atoms with van der Waals surface area (Å²) < 4.78 is 12.5. The number of hydrogen-bond acceptors (Lipinski definition) is 2. The molecule has 82 valence electrons. The van der Waals surface area contributed by atoms with Crippen molar-refractivity contribution in [2.24, 2.45) is 0 Å². The summed E-state index contributed by atoms with van der Waals surface area (Å²) in [5.74, 6) is -0.684. The summed E-state index contributed by atoms with van der Waals surface area (Å²) in [5, 5.41) is 9.17. The molecule has 1 amide bonds. The molecule has 1 rings (SSSR count). The van der Waals surface area contributed by atoms with Crippen molar-refractivity contribution in [3.8, 4) is 5.75 Å².